The molecule has 1 rings (SSSR count). The van der Waals surface area contributed by atoms with Gasteiger partial charge in [0.1, 0.15) is 0 Å². The molecular formula is C9H22ClN3O2S. The van der Waals surface area contributed by atoms with Crippen molar-refractivity contribution in [1.29, 1.82) is 0 Å². The van der Waals surface area contributed by atoms with E-state index in [1.807, 2.05) is 0 Å². The van der Waals surface area contributed by atoms with Gasteiger partial charge in [-0.05, 0) is 13.8 Å². The standard InChI is InChI=1S/C9H21N3O2S.ClH/c1-8-9(2)12(6-4-10-8)7-5-11-15(3,13)14;/h8-11H,4-7H2,1-3H3;1H. The Labute approximate surface area is 104 Å². The van der Waals surface area contributed by atoms with Gasteiger partial charge >= 0.3 is 0 Å². The number of hydrogen-bond acceptors (Lipinski definition) is 4. The van der Waals surface area contributed by atoms with Gasteiger partial charge in [0.15, 0.2) is 0 Å². The quantitative estimate of drug-likeness (QED) is 0.733. The smallest absolute Gasteiger partial charge is 0.208 e. The molecule has 1 aliphatic heterocycles. The van der Waals surface area contributed by atoms with E-state index in [9.17, 15) is 8.42 Å². The van der Waals surface area contributed by atoms with Crippen LogP contribution in [0, 0.1) is 0 Å². The SMILES string of the molecule is CC1NCCN(CCNS(C)(=O)=O)C1C.Cl. The minimum absolute atomic E-state index is 0. The topological polar surface area (TPSA) is 61.4 Å². The molecule has 1 heterocycles. The third kappa shape index (κ3) is 5.45. The minimum atomic E-state index is -3.05. The van der Waals surface area contributed by atoms with E-state index in [2.05, 4.69) is 28.8 Å². The molecule has 2 N–H and O–H groups in total. The number of piperazine rings is 1. The molecule has 2 unspecified atom stereocenters. The van der Waals surface area contributed by atoms with Crippen LogP contribution in [0.25, 0.3) is 0 Å². The summed E-state index contributed by atoms with van der Waals surface area (Å²) in [6.45, 7) is 7.55. The van der Waals surface area contributed by atoms with Gasteiger partial charge in [-0.25, -0.2) is 13.1 Å². The molecule has 2 atom stereocenters. The van der Waals surface area contributed by atoms with E-state index in [1.165, 1.54) is 6.26 Å². The van der Waals surface area contributed by atoms with E-state index in [0.29, 0.717) is 18.6 Å². The first kappa shape index (κ1) is 16.1. The molecule has 1 saturated heterocycles. The van der Waals surface area contributed by atoms with E-state index >= 15 is 0 Å². The van der Waals surface area contributed by atoms with Crippen molar-refractivity contribution in [3.63, 3.8) is 0 Å². The van der Waals surface area contributed by atoms with Crippen LogP contribution >= 0.6 is 12.4 Å². The second-order valence-corrected chi connectivity index (χ2v) is 6.02. The highest BCUT2D eigenvalue weighted by molar-refractivity contribution is 7.88. The normalized spacial score (nSPS) is 27.4. The highest BCUT2D eigenvalue weighted by atomic mass is 35.5. The second kappa shape index (κ2) is 6.76. The molecule has 0 amide bonds. The lowest BCUT2D eigenvalue weighted by Crippen LogP contribution is -2.56. The first-order chi connectivity index (χ1) is 6.90. The Morgan fingerprint density at radius 2 is 2.06 bits per heavy atom. The molecule has 0 aromatic heterocycles. The van der Waals surface area contributed by atoms with Gasteiger partial charge < -0.3 is 5.32 Å². The maximum absolute atomic E-state index is 10.9. The van der Waals surface area contributed by atoms with Crippen molar-refractivity contribution < 1.29 is 8.42 Å². The van der Waals surface area contributed by atoms with Gasteiger partial charge in [-0.15, -0.1) is 12.4 Å². The predicted molar refractivity (Wildman–Crippen MR) is 68.6 cm³/mol. The lowest BCUT2D eigenvalue weighted by Gasteiger charge is -2.38. The highest BCUT2D eigenvalue weighted by Crippen LogP contribution is 2.07. The van der Waals surface area contributed by atoms with Gasteiger partial charge in [0.25, 0.3) is 0 Å². The molecule has 0 aliphatic carbocycles. The summed E-state index contributed by atoms with van der Waals surface area (Å²) < 4.78 is 24.3. The summed E-state index contributed by atoms with van der Waals surface area (Å²) in [5, 5.41) is 3.39. The van der Waals surface area contributed by atoms with Gasteiger partial charge in [0.2, 0.25) is 10.0 Å². The molecule has 98 valence electrons. The van der Waals surface area contributed by atoms with Gasteiger partial charge in [0.05, 0.1) is 6.26 Å². The number of sulfonamides is 1. The molecule has 0 radical (unpaired) electrons. The highest BCUT2D eigenvalue weighted by Gasteiger charge is 2.23. The van der Waals surface area contributed by atoms with Crippen molar-refractivity contribution in [2.45, 2.75) is 25.9 Å². The predicted octanol–water partition coefficient (Wildman–Crippen LogP) is -0.360. The first-order valence-corrected chi connectivity index (χ1v) is 7.21. The van der Waals surface area contributed by atoms with E-state index in [-0.39, 0.29) is 12.4 Å². The van der Waals surface area contributed by atoms with Crippen LogP contribution in [0.1, 0.15) is 13.8 Å². The summed E-state index contributed by atoms with van der Waals surface area (Å²) in [4.78, 5) is 2.30. The number of nitrogens with one attached hydrogen (secondary N) is 2. The summed E-state index contributed by atoms with van der Waals surface area (Å²) in [6.07, 6.45) is 1.19. The zero-order valence-electron chi connectivity index (χ0n) is 10.1. The molecule has 0 saturated carbocycles. The van der Waals surface area contributed by atoms with Gasteiger partial charge in [-0.3, -0.25) is 4.90 Å². The van der Waals surface area contributed by atoms with Gasteiger partial charge in [-0.1, -0.05) is 0 Å². The summed E-state index contributed by atoms with van der Waals surface area (Å²) in [7, 11) is -3.05. The molecule has 0 aromatic carbocycles. The van der Waals surface area contributed by atoms with E-state index < -0.39 is 10.0 Å². The Balaban J connectivity index is 0.00000225. The molecule has 0 bridgehead atoms. The fraction of sp³-hybridized carbons (Fsp3) is 1.00. The van der Waals surface area contributed by atoms with Crippen molar-refractivity contribution in [3.05, 3.63) is 0 Å². The molecular weight excluding hydrogens is 250 g/mol. The average Bonchev–Trinajstić information content (AvgIpc) is 2.10. The number of hydrogen-bond donors (Lipinski definition) is 2. The number of halogens is 1. The Hall–Kier alpha value is 0.120. The molecule has 0 aromatic rings. The van der Waals surface area contributed by atoms with Gasteiger partial charge in [0, 0.05) is 38.3 Å². The Bertz CT molecular complexity index is 297. The van der Waals surface area contributed by atoms with Crippen molar-refractivity contribution in [1.82, 2.24) is 14.9 Å². The van der Waals surface area contributed by atoms with Crippen LogP contribution in [0.15, 0.2) is 0 Å². The largest absolute Gasteiger partial charge is 0.311 e. The number of rotatable bonds is 4. The van der Waals surface area contributed by atoms with E-state index in [4.69, 9.17) is 0 Å². The third-order valence-corrected chi connectivity index (χ3v) is 3.66. The summed E-state index contributed by atoms with van der Waals surface area (Å²) in [6, 6.07) is 0.928. The summed E-state index contributed by atoms with van der Waals surface area (Å²) >= 11 is 0. The third-order valence-electron chi connectivity index (χ3n) is 2.93. The molecule has 1 aliphatic rings. The lowest BCUT2D eigenvalue weighted by atomic mass is 10.1. The summed E-state index contributed by atoms with van der Waals surface area (Å²) in [5.74, 6) is 0. The fourth-order valence-electron chi connectivity index (χ4n) is 1.82. The van der Waals surface area contributed by atoms with E-state index in [0.717, 1.165) is 19.6 Å². The van der Waals surface area contributed by atoms with Crippen molar-refractivity contribution in [3.8, 4) is 0 Å². The van der Waals surface area contributed by atoms with Crippen LogP contribution in [0.3, 0.4) is 0 Å². The van der Waals surface area contributed by atoms with E-state index in [1.54, 1.807) is 0 Å². The molecule has 7 heteroatoms. The number of nitrogens with zero attached hydrogens (tertiary/aromatic N) is 1. The molecule has 0 spiro atoms. The Morgan fingerprint density at radius 3 is 2.62 bits per heavy atom. The second-order valence-electron chi connectivity index (χ2n) is 4.19. The maximum Gasteiger partial charge on any atom is 0.208 e. The molecule has 16 heavy (non-hydrogen) atoms. The monoisotopic (exact) mass is 271 g/mol. The fourth-order valence-corrected chi connectivity index (χ4v) is 2.28. The Kier molecular flexibility index (Phi) is 6.81. The Morgan fingerprint density at radius 1 is 1.44 bits per heavy atom. The van der Waals surface area contributed by atoms with Crippen molar-refractivity contribution in [2.24, 2.45) is 0 Å². The lowest BCUT2D eigenvalue weighted by molar-refractivity contribution is 0.141. The minimum Gasteiger partial charge on any atom is -0.311 e. The summed E-state index contributed by atoms with van der Waals surface area (Å²) in [5.41, 5.74) is 0. The van der Waals surface area contributed by atoms with Crippen molar-refractivity contribution in [2.75, 3.05) is 32.4 Å². The average molecular weight is 272 g/mol. The van der Waals surface area contributed by atoms with Crippen LogP contribution in [0.5, 0.6) is 0 Å². The maximum atomic E-state index is 10.9. The molecule has 5 nitrogen and oxygen atoms in total. The first-order valence-electron chi connectivity index (χ1n) is 5.32. The van der Waals surface area contributed by atoms with Crippen LogP contribution in [-0.2, 0) is 10.0 Å². The molecule has 1 fully saturated rings. The van der Waals surface area contributed by atoms with Crippen molar-refractivity contribution >= 4 is 22.4 Å². The zero-order chi connectivity index (χ0) is 11.5. The van der Waals surface area contributed by atoms with Gasteiger partial charge in [-0.2, -0.15) is 0 Å². The van der Waals surface area contributed by atoms with Crippen LogP contribution in [-0.4, -0.2) is 57.8 Å². The van der Waals surface area contributed by atoms with Crippen LogP contribution in [0.4, 0.5) is 0 Å². The van der Waals surface area contributed by atoms with Crippen LogP contribution < -0.4 is 10.0 Å². The zero-order valence-corrected chi connectivity index (χ0v) is 11.7. The van der Waals surface area contributed by atoms with Crippen LogP contribution in [0.2, 0.25) is 0 Å².